The van der Waals surface area contributed by atoms with Gasteiger partial charge in [-0.25, -0.2) is 0 Å². The van der Waals surface area contributed by atoms with E-state index in [0.717, 1.165) is 6.42 Å². The lowest BCUT2D eigenvalue weighted by Crippen LogP contribution is -2.33. The first-order valence-corrected chi connectivity index (χ1v) is 10.2. The van der Waals surface area contributed by atoms with Gasteiger partial charge in [0.05, 0.1) is 36.5 Å². The lowest BCUT2D eigenvalue weighted by molar-refractivity contribution is -0.117. The van der Waals surface area contributed by atoms with Gasteiger partial charge in [0, 0.05) is 5.02 Å². The molecule has 0 aliphatic carbocycles. The monoisotopic (exact) mass is 448 g/mol. The van der Waals surface area contributed by atoms with E-state index in [-0.39, 0.29) is 12.5 Å². The SMILES string of the molecule is CCCN(CC(=O)Nc1cc(Cl)ccc1OC)Cc1nnc(-c2ccccc2Cl)o1. The highest BCUT2D eigenvalue weighted by Gasteiger charge is 2.17. The smallest absolute Gasteiger partial charge is 0.249 e. The largest absolute Gasteiger partial charge is 0.495 e. The van der Waals surface area contributed by atoms with Crippen LogP contribution in [0.3, 0.4) is 0 Å². The Morgan fingerprint density at radius 1 is 1.20 bits per heavy atom. The summed E-state index contributed by atoms with van der Waals surface area (Å²) in [6, 6.07) is 12.3. The maximum Gasteiger partial charge on any atom is 0.249 e. The van der Waals surface area contributed by atoms with Gasteiger partial charge in [0.2, 0.25) is 17.7 Å². The average Bonchev–Trinajstić information content (AvgIpc) is 3.17. The molecule has 1 amide bonds. The van der Waals surface area contributed by atoms with E-state index in [0.29, 0.717) is 51.9 Å². The number of amides is 1. The van der Waals surface area contributed by atoms with Crippen LogP contribution in [0.1, 0.15) is 19.2 Å². The predicted octanol–water partition coefficient (Wildman–Crippen LogP) is 4.90. The molecule has 3 rings (SSSR count). The third-order valence-corrected chi connectivity index (χ3v) is 4.84. The lowest BCUT2D eigenvalue weighted by atomic mass is 10.2. The standard InChI is InChI=1S/C21H22Cl2N4O3/c1-3-10-27(12-19(28)24-17-11-14(22)8-9-18(17)29-2)13-20-25-26-21(30-20)15-6-4-5-7-16(15)23/h4-9,11H,3,10,12-13H2,1-2H3,(H,24,28). The first-order chi connectivity index (χ1) is 14.5. The number of carbonyl (C=O) groups is 1. The molecule has 1 heterocycles. The Hall–Kier alpha value is -2.61. The number of aromatic nitrogens is 2. The summed E-state index contributed by atoms with van der Waals surface area (Å²) in [4.78, 5) is 14.5. The second-order valence-electron chi connectivity index (χ2n) is 6.58. The number of benzene rings is 2. The number of hydrogen-bond donors (Lipinski definition) is 1. The third-order valence-electron chi connectivity index (χ3n) is 4.27. The van der Waals surface area contributed by atoms with Gasteiger partial charge in [-0.05, 0) is 43.3 Å². The van der Waals surface area contributed by atoms with E-state index in [1.807, 2.05) is 30.0 Å². The summed E-state index contributed by atoms with van der Waals surface area (Å²) in [6.07, 6.45) is 0.860. The molecule has 158 valence electrons. The van der Waals surface area contributed by atoms with Crippen molar-refractivity contribution in [3.63, 3.8) is 0 Å². The van der Waals surface area contributed by atoms with Crippen LogP contribution in [0.5, 0.6) is 5.75 Å². The fourth-order valence-corrected chi connectivity index (χ4v) is 3.34. The van der Waals surface area contributed by atoms with Crippen molar-refractivity contribution in [2.24, 2.45) is 0 Å². The first-order valence-electron chi connectivity index (χ1n) is 9.43. The molecular weight excluding hydrogens is 427 g/mol. The van der Waals surface area contributed by atoms with Gasteiger partial charge < -0.3 is 14.5 Å². The number of hydrogen-bond acceptors (Lipinski definition) is 6. The van der Waals surface area contributed by atoms with Gasteiger partial charge >= 0.3 is 0 Å². The molecule has 1 N–H and O–H groups in total. The van der Waals surface area contributed by atoms with Crippen molar-refractivity contribution in [3.8, 4) is 17.2 Å². The molecule has 9 heteroatoms. The number of halogens is 2. The zero-order valence-corrected chi connectivity index (χ0v) is 18.2. The second kappa shape index (κ2) is 10.4. The van der Waals surface area contributed by atoms with Crippen LogP contribution in [0.15, 0.2) is 46.9 Å². The van der Waals surface area contributed by atoms with Gasteiger partial charge in [0.1, 0.15) is 5.75 Å². The van der Waals surface area contributed by atoms with Crippen molar-refractivity contribution in [1.29, 1.82) is 0 Å². The molecule has 0 saturated heterocycles. The maximum atomic E-state index is 12.6. The van der Waals surface area contributed by atoms with Crippen LogP contribution < -0.4 is 10.1 Å². The Morgan fingerprint density at radius 3 is 2.73 bits per heavy atom. The Morgan fingerprint density at radius 2 is 2.00 bits per heavy atom. The first kappa shape index (κ1) is 22.1. The number of ether oxygens (including phenoxy) is 1. The van der Waals surface area contributed by atoms with E-state index in [4.69, 9.17) is 32.4 Å². The molecule has 7 nitrogen and oxygen atoms in total. The van der Waals surface area contributed by atoms with Crippen molar-refractivity contribution in [2.75, 3.05) is 25.5 Å². The fraction of sp³-hybridized carbons (Fsp3) is 0.286. The Kier molecular flexibility index (Phi) is 7.68. The molecular formula is C21H22Cl2N4O3. The Bertz CT molecular complexity index is 1010. The Balaban J connectivity index is 1.67. The van der Waals surface area contributed by atoms with Crippen LogP contribution in [0.25, 0.3) is 11.5 Å². The van der Waals surface area contributed by atoms with Crippen LogP contribution in [0.4, 0.5) is 5.69 Å². The van der Waals surface area contributed by atoms with Crippen LogP contribution in [-0.2, 0) is 11.3 Å². The highest BCUT2D eigenvalue weighted by atomic mass is 35.5. The van der Waals surface area contributed by atoms with E-state index in [9.17, 15) is 4.79 Å². The minimum Gasteiger partial charge on any atom is -0.495 e. The van der Waals surface area contributed by atoms with Gasteiger partial charge in [-0.3, -0.25) is 9.69 Å². The topological polar surface area (TPSA) is 80.5 Å². The molecule has 0 atom stereocenters. The van der Waals surface area contributed by atoms with Crippen LogP contribution in [0.2, 0.25) is 10.0 Å². The number of rotatable bonds is 9. The molecule has 0 saturated carbocycles. The fourth-order valence-electron chi connectivity index (χ4n) is 2.95. The maximum absolute atomic E-state index is 12.6. The molecule has 1 aromatic heterocycles. The van der Waals surface area contributed by atoms with Gasteiger partial charge in [-0.15, -0.1) is 10.2 Å². The molecule has 3 aromatic rings. The van der Waals surface area contributed by atoms with E-state index >= 15 is 0 Å². The van der Waals surface area contributed by atoms with Gasteiger partial charge in [-0.1, -0.05) is 42.3 Å². The van der Waals surface area contributed by atoms with Crippen molar-refractivity contribution in [2.45, 2.75) is 19.9 Å². The van der Waals surface area contributed by atoms with Crippen LogP contribution >= 0.6 is 23.2 Å². The quantitative estimate of drug-likeness (QED) is 0.501. The highest BCUT2D eigenvalue weighted by molar-refractivity contribution is 6.33. The third kappa shape index (κ3) is 5.72. The summed E-state index contributed by atoms with van der Waals surface area (Å²) < 4.78 is 11.0. The minimum absolute atomic E-state index is 0.146. The van der Waals surface area contributed by atoms with Gasteiger partial charge in [0.15, 0.2) is 0 Å². The second-order valence-corrected chi connectivity index (χ2v) is 7.43. The zero-order chi connectivity index (χ0) is 21.5. The summed E-state index contributed by atoms with van der Waals surface area (Å²) in [5, 5.41) is 12.1. The van der Waals surface area contributed by atoms with Crippen molar-refractivity contribution < 1.29 is 13.9 Å². The highest BCUT2D eigenvalue weighted by Crippen LogP contribution is 2.28. The summed E-state index contributed by atoms with van der Waals surface area (Å²) in [5.74, 6) is 1.10. The van der Waals surface area contributed by atoms with E-state index in [2.05, 4.69) is 15.5 Å². The number of carbonyl (C=O) groups excluding carboxylic acids is 1. The van der Waals surface area contributed by atoms with E-state index in [1.54, 1.807) is 24.3 Å². The molecule has 30 heavy (non-hydrogen) atoms. The zero-order valence-electron chi connectivity index (χ0n) is 16.7. The van der Waals surface area contributed by atoms with Crippen molar-refractivity contribution in [1.82, 2.24) is 15.1 Å². The minimum atomic E-state index is -0.199. The summed E-state index contributed by atoms with van der Waals surface area (Å²) in [7, 11) is 1.54. The molecule has 0 aliphatic heterocycles. The lowest BCUT2D eigenvalue weighted by Gasteiger charge is -2.19. The van der Waals surface area contributed by atoms with E-state index in [1.165, 1.54) is 7.11 Å². The normalized spacial score (nSPS) is 11.0. The Labute approximate surface area is 184 Å². The molecule has 0 aliphatic rings. The van der Waals surface area contributed by atoms with Gasteiger partial charge in [0.25, 0.3) is 0 Å². The number of anilines is 1. The van der Waals surface area contributed by atoms with Crippen LogP contribution in [0, 0.1) is 0 Å². The molecule has 2 aromatic carbocycles. The molecule has 0 radical (unpaired) electrons. The molecule has 0 bridgehead atoms. The number of nitrogens with one attached hydrogen (secondary N) is 1. The molecule has 0 unspecified atom stereocenters. The van der Waals surface area contributed by atoms with Crippen LogP contribution in [-0.4, -0.2) is 41.2 Å². The molecule has 0 fully saturated rings. The predicted molar refractivity (Wildman–Crippen MR) is 117 cm³/mol. The van der Waals surface area contributed by atoms with Crippen molar-refractivity contribution >= 4 is 34.8 Å². The van der Waals surface area contributed by atoms with Crippen molar-refractivity contribution in [3.05, 3.63) is 58.4 Å². The summed E-state index contributed by atoms with van der Waals surface area (Å²) in [6.45, 7) is 3.20. The summed E-state index contributed by atoms with van der Waals surface area (Å²) in [5.41, 5.74) is 1.19. The van der Waals surface area contributed by atoms with Gasteiger partial charge in [-0.2, -0.15) is 0 Å². The number of methoxy groups -OCH3 is 1. The number of nitrogens with zero attached hydrogens (tertiary/aromatic N) is 3. The molecule has 0 spiro atoms. The average molecular weight is 449 g/mol. The summed E-state index contributed by atoms with van der Waals surface area (Å²) >= 11 is 12.2. The van der Waals surface area contributed by atoms with E-state index < -0.39 is 0 Å².